The largest absolute Gasteiger partial charge is 0.381 e. The standard InChI is InChI=1S/C14H26ClN3O/c1-4-6-9-19-10-7-8-16-11-13-14(15)12(5-2)17-18(13)3/h16H,4-11H2,1-3H3. The number of nitrogens with one attached hydrogen (secondary N) is 1. The van der Waals surface area contributed by atoms with E-state index in [1.54, 1.807) is 0 Å². The van der Waals surface area contributed by atoms with Crippen molar-refractivity contribution in [3.63, 3.8) is 0 Å². The maximum absolute atomic E-state index is 6.28. The molecule has 0 radical (unpaired) electrons. The number of aromatic nitrogens is 2. The molecule has 0 bridgehead atoms. The van der Waals surface area contributed by atoms with E-state index in [4.69, 9.17) is 16.3 Å². The lowest BCUT2D eigenvalue weighted by molar-refractivity contribution is 0.128. The SMILES string of the molecule is CCCCOCCCNCc1c(Cl)c(CC)nn1C. The fourth-order valence-corrected chi connectivity index (χ4v) is 2.23. The number of rotatable bonds is 10. The number of hydrogen-bond acceptors (Lipinski definition) is 3. The molecule has 0 amide bonds. The fourth-order valence-electron chi connectivity index (χ4n) is 1.87. The number of hydrogen-bond donors (Lipinski definition) is 1. The van der Waals surface area contributed by atoms with Crippen LogP contribution in [0, 0.1) is 0 Å². The summed E-state index contributed by atoms with van der Waals surface area (Å²) in [4.78, 5) is 0. The molecule has 1 N–H and O–H groups in total. The van der Waals surface area contributed by atoms with Gasteiger partial charge in [0.05, 0.1) is 16.4 Å². The minimum Gasteiger partial charge on any atom is -0.381 e. The Morgan fingerprint density at radius 3 is 2.63 bits per heavy atom. The quantitative estimate of drug-likeness (QED) is 0.673. The van der Waals surface area contributed by atoms with E-state index in [0.29, 0.717) is 0 Å². The first-order valence-corrected chi connectivity index (χ1v) is 7.57. The van der Waals surface area contributed by atoms with E-state index in [2.05, 4.69) is 24.3 Å². The molecule has 1 aromatic rings. The molecule has 0 spiro atoms. The second-order valence-electron chi connectivity index (χ2n) is 4.68. The summed E-state index contributed by atoms with van der Waals surface area (Å²) in [5.74, 6) is 0. The van der Waals surface area contributed by atoms with Crippen LogP contribution in [0.2, 0.25) is 5.02 Å². The molecule has 5 heteroatoms. The third kappa shape index (κ3) is 5.51. The Morgan fingerprint density at radius 2 is 2.00 bits per heavy atom. The first kappa shape index (κ1) is 16.5. The van der Waals surface area contributed by atoms with Gasteiger partial charge >= 0.3 is 0 Å². The van der Waals surface area contributed by atoms with Crippen molar-refractivity contribution in [2.45, 2.75) is 46.1 Å². The molecule has 0 atom stereocenters. The molecule has 1 aromatic heterocycles. The van der Waals surface area contributed by atoms with Crippen LogP contribution in [0.15, 0.2) is 0 Å². The predicted octanol–water partition coefficient (Wildman–Crippen LogP) is 2.93. The van der Waals surface area contributed by atoms with E-state index in [0.717, 1.165) is 62.0 Å². The highest BCUT2D eigenvalue weighted by molar-refractivity contribution is 6.31. The zero-order valence-corrected chi connectivity index (χ0v) is 13.1. The monoisotopic (exact) mass is 287 g/mol. The molecule has 0 aliphatic rings. The molecule has 4 nitrogen and oxygen atoms in total. The summed E-state index contributed by atoms with van der Waals surface area (Å²) in [6.45, 7) is 7.65. The highest BCUT2D eigenvalue weighted by Gasteiger charge is 2.11. The van der Waals surface area contributed by atoms with Crippen molar-refractivity contribution in [2.24, 2.45) is 7.05 Å². The summed E-state index contributed by atoms with van der Waals surface area (Å²) in [6.07, 6.45) is 4.24. The molecular weight excluding hydrogens is 262 g/mol. The molecule has 1 rings (SSSR count). The highest BCUT2D eigenvalue weighted by atomic mass is 35.5. The Kier molecular flexibility index (Phi) is 8.10. The molecule has 0 saturated carbocycles. The average molecular weight is 288 g/mol. The lowest BCUT2D eigenvalue weighted by Crippen LogP contribution is -2.18. The zero-order chi connectivity index (χ0) is 14.1. The van der Waals surface area contributed by atoms with Crippen molar-refractivity contribution in [2.75, 3.05) is 19.8 Å². The molecular formula is C14H26ClN3O. The third-order valence-corrected chi connectivity index (χ3v) is 3.52. The molecule has 110 valence electrons. The van der Waals surface area contributed by atoms with Crippen LogP contribution in [0.1, 0.15) is 44.5 Å². The van der Waals surface area contributed by atoms with Gasteiger partial charge in [-0.1, -0.05) is 31.9 Å². The van der Waals surface area contributed by atoms with E-state index < -0.39 is 0 Å². The summed E-state index contributed by atoms with van der Waals surface area (Å²) >= 11 is 6.28. The van der Waals surface area contributed by atoms with Gasteiger partial charge in [-0.3, -0.25) is 4.68 Å². The van der Waals surface area contributed by atoms with Gasteiger partial charge in [0.15, 0.2) is 0 Å². The maximum Gasteiger partial charge on any atom is 0.0863 e. The summed E-state index contributed by atoms with van der Waals surface area (Å²) < 4.78 is 7.38. The first-order valence-electron chi connectivity index (χ1n) is 7.19. The van der Waals surface area contributed by atoms with Crippen LogP contribution in [0.3, 0.4) is 0 Å². The van der Waals surface area contributed by atoms with Crippen LogP contribution in [-0.4, -0.2) is 29.5 Å². The van der Waals surface area contributed by atoms with Gasteiger partial charge in [0, 0.05) is 26.8 Å². The summed E-state index contributed by atoms with van der Waals surface area (Å²) in [5.41, 5.74) is 2.04. The molecule has 0 saturated heterocycles. The molecule has 0 aromatic carbocycles. The first-order chi connectivity index (χ1) is 9.20. The van der Waals surface area contributed by atoms with E-state index >= 15 is 0 Å². The van der Waals surface area contributed by atoms with E-state index in [-0.39, 0.29) is 0 Å². The van der Waals surface area contributed by atoms with Crippen LogP contribution in [0.25, 0.3) is 0 Å². The van der Waals surface area contributed by atoms with Crippen LogP contribution in [0.5, 0.6) is 0 Å². The highest BCUT2D eigenvalue weighted by Crippen LogP contribution is 2.20. The number of aryl methyl sites for hydroxylation is 2. The lowest BCUT2D eigenvalue weighted by Gasteiger charge is -2.06. The Morgan fingerprint density at radius 1 is 1.26 bits per heavy atom. The molecule has 19 heavy (non-hydrogen) atoms. The summed E-state index contributed by atoms with van der Waals surface area (Å²) in [7, 11) is 1.94. The topological polar surface area (TPSA) is 39.1 Å². The van der Waals surface area contributed by atoms with Crippen LogP contribution in [-0.2, 0) is 24.8 Å². The van der Waals surface area contributed by atoms with Gasteiger partial charge in [0.1, 0.15) is 0 Å². The van der Waals surface area contributed by atoms with Gasteiger partial charge < -0.3 is 10.1 Å². The molecule has 0 aliphatic heterocycles. The normalized spacial score (nSPS) is 11.2. The summed E-state index contributed by atoms with van der Waals surface area (Å²) in [5, 5.41) is 8.59. The number of nitrogens with zero attached hydrogens (tertiary/aromatic N) is 2. The maximum atomic E-state index is 6.28. The second-order valence-corrected chi connectivity index (χ2v) is 5.06. The Hall–Kier alpha value is -0.580. The van der Waals surface area contributed by atoms with Crippen LogP contribution >= 0.6 is 11.6 Å². The van der Waals surface area contributed by atoms with Crippen molar-refractivity contribution >= 4 is 11.6 Å². The number of unbranched alkanes of at least 4 members (excludes halogenated alkanes) is 1. The molecule has 0 fully saturated rings. The van der Waals surface area contributed by atoms with Crippen LogP contribution in [0.4, 0.5) is 0 Å². The predicted molar refractivity (Wildman–Crippen MR) is 79.6 cm³/mol. The Labute approximate surface area is 121 Å². The zero-order valence-electron chi connectivity index (χ0n) is 12.3. The van der Waals surface area contributed by atoms with Gasteiger partial charge in [-0.25, -0.2) is 0 Å². The minimum absolute atomic E-state index is 0.761. The van der Waals surface area contributed by atoms with E-state index in [1.807, 2.05) is 11.7 Å². The molecule has 0 unspecified atom stereocenters. The van der Waals surface area contributed by atoms with Gasteiger partial charge in [0.25, 0.3) is 0 Å². The van der Waals surface area contributed by atoms with E-state index in [9.17, 15) is 0 Å². The van der Waals surface area contributed by atoms with Gasteiger partial charge in [-0.15, -0.1) is 0 Å². The fraction of sp³-hybridized carbons (Fsp3) is 0.786. The number of halogens is 1. The van der Waals surface area contributed by atoms with Crippen molar-refractivity contribution < 1.29 is 4.74 Å². The average Bonchev–Trinajstić information content (AvgIpc) is 2.68. The Balaban J connectivity index is 2.17. The van der Waals surface area contributed by atoms with Gasteiger partial charge in [0.2, 0.25) is 0 Å². The van der Waals surface area contributed by atoms with Crippen molar-refractivity contribution in [3.8, 4) is 0 Å². The molecule has 0 aliphatic carbocycles. The summed E-state index contributed by atoms with van der Waals surface area (Å²) in [6, 6.07) is 0. The van der Waals surface area contributed by atoms with Crippen molar-refractivity contribution in [1.82, 2.24) is 15.1 Å². The van der Waals surface area contributed by atoms with Gasteiger partial charge in [-0.2, -0.15) is 5.10 Å². The van der Waals surface area contributed by atoms with Crippen molar-refractivity contribution in [3.05, 3.63) is 16.4 Å². The van der Waals surface area contributed by atoms with E-state index in [1.165, 1.54) is 6.42 Å². The number of ether oxygens (including phenoxy) is 1. The van der Waals surface area contributed by atoms with Crippen molar-refractivity contribution in [1.29, 1.82) is 0 Å². The Bertz CT molecular complexity index is 366. The third-order valence-electron chi connectivity index (χ3n) is 3.08. The lowest BCUT2D eigenvalue weighted by atomic mass is 10.3. The second kappa shape index (κ2) is 9.34. The minimum atomic E-state index is 0.761. The van der Waals surface area contributed by atoms with Crippen LogP contribution < -0.4 is 5.32 Å². The molecule has 1 heterocycles. The van der Waals surface area contributed by atoms with Gasteiger partial charge in [-0.05, 0) is 25.8 Å². The smallest absolute Gasteiger partial charge is 0.0863 e.